The van der Waals surface area contributed by atoms with Crippen LogP contribution in [-0.2, 0) is 6.42 Å². The highest BCUT2D eigenvalue weighted by Gasteiger charge is 2.11. The molecule has 78 valence electrons. The van der Waals surface area contributed by atoms with E-state index in [0.717, 1.165) is 12.3 Å². The van der Waals surface area contributed by atoms with E-state index in [1.807, 2.05) is 12.1 Å². The number of hydrogen-bond acceptors (Lipinski definition) is 2. The maximum atomic E-state index is 5.60. The van der Waals surface area contributed by atoms with Gasteiger partial charge in [0, 0.05) is 12.3 Å². The molecule has 1 aromatic heterocycles. The maximum absolute atomic E-state index is 5.60. The van der Waals surface area contributed by atoms with Crippen molar-refractivity contribution in [2.45, 2.75) is 34.1 Å². The predicted octanol–water partition coefficient (Wildman–Crippen LogP) is 3.07. The Morgan fingerprint density at radius 2 is 2.07 bits per heavy atom. The highest BCUT2D eigenvalue weighted by Crippen LogP contribution is 2.16. The molecular formula is C12H19NO. The minimum absolute atomic E-state index is 0.184. The largest absolute Gasteiger partial charge is 0.477 e. The number of hydrogen-bond donors (Lipinski definition) is 0. The molecule has 2 heteroatoms. The lowest BCUT2D eigenvalue weighted by Gasteiger charge is -2.18. The van der Waals surface area contributed by atoms with E-state index in [4.69, 9.17) is 4.74 Å². The molecule has 0 aliphatic carbocycles. The predicted molar refractivity (Wildman–Crippen MR) is 58.6 cm³/mol. The molecule has 0 N–H and O–H groups in total. The van der Waals surface area contributed by atoms with Crippen LogP contribution in [0.15, 0.2) is 18.3 Å². The van der Waals surface area contributed by atoms with Gasteiger partial charge in [0.05, 0.1) is 6.61 Å². The zero-order valence-corrected chi connectivity index (χ0v) is 9.50. The van der Waals surface area contributed by atoms with Crippen LogP contribution in [0.1, 0.15) is 33.3 Å². The lowest BCUT2D eigenvalue weighted by atomic mass is 9.99. The summed E-state index contributed by atoms with van der Waals surface area (Å²) in [6.07, 6.45) is 2.82. The summed E-state index contributed by atoms with van der Waals surface area (Å²) in [5, 5.41) is 0. The van der Waals surface area contributed by atoms with Gasteiger partial charge in [-0.3, -0.25) is 0 Å². The third-order valence-corrected chi connectivity index (χ3v) is 1.86. The van der Waals surface area contributed by atoms with Crippen molar-refractivity contribution in [1.29, 1.82) is 0 Å². The molecule has 0 fully saturated rings. The minimum Gasteiger partial charge on any atom is -0.477 e. The molecule has 0 atom stereocenters. The third-order valence-electron chi connectivity index (χ3n) is 1.86. The number of nitrogens with zero attached hydrogens (tertiary/aromatic N) is 1. The molecule has 0 amide bonds. The fraction of sp³-hybridized carbons (Fsp3) is 0.583. The monoisotopic (exact) mass is 193 g/mol. The molecule has 0 saturated carbocycles. The van der Waals surface area contributed by atoms with Crippen LogP contribution in [-0.4, -0.2) is 11.6 Å². The van der Waals surface area contributed by atoms with Crippen molar-refractivity contribution in [3.05, 3.63) is 23.9 Å². The Kier molecular flexibility index (Phi) is 3.50. The quantitative estimate of drug-likeness (QED) is 0.736. The van der Waals surface area contributed by atoms with Crippen molar-refractivity contribution in [2.75, 3.05) is 6.61 Å². The van der Waals surface area contributed by atoms with Gasteiger partial charge in [0.25, 0.3) is 0 Å². The summed E-state index contributed by atoms with van der Waals surface area (Å²) in [5.41, 5.74) is 1.45. The van der Waals surface area contributed by atoms with Gasteiger partial charge in [0.15, 0.2) is 0 Å². The summed E-state index contributed by atoms with van der Waals surface area (Å²) in [4.78, 5) is 4.17. The van der Waals surface area contributed by atoms with E-state index in [0.29, 0.717) is 6.61 Å². The topological polar surface area (TPSA) is 22.1 Å². The van der Waals surface area contributed by atoms with Gasteiger partial charge in [-0.25, -0.2) is 4.98 Å². The Balaban J connectivity index is 2.59. The molecule has 2 nitrogen and oxygen atoms in total. The number of rotatable bonds is 3. The summed E-state index contributed by atoms with van der Waals surface area (Å²) in [7, 11) is 0. The molecule has 0 aliphatic heterocycles. The SMILES string of the molecule is CCc1ccnc(OCC(C)(C)C)c1. The Hall–Kier alpha value is -1.05. The van der Waals surface area contributed by atoms with Crippen molar-refractivity contribution in [1.82, 2.24) is 4.98 Å². The minimum atomic E-state index is 0.184. The molecule has 1 rings (SSSR count). The van der Waals surface area contributed by atoms with Crippen molar-refractivity contribution >= 4 is 0 Å². The van der Waals surface area contributed by atoms with Crippen molar-refractivity contribution in [2.24, 2.45) is 5.41 Å². The average molecular weight is 193 g/mol. The van der Waals surface area contributed by atoms with Crippen LogP contribution in [0.3, 0.4) is 0 Å². The first-order valence-corrected chi connectivity index (χ1v) is 5.09. The second-order valence-corrected chi connectivity index (χ2v) is 4.71. The third kappa shape index (κ3) is 3.77. The van der Waals surface area contributed by atoms with Crippen molar-refractivity contribution < 1.29 is 4.74 Å². The standard InChI is InChI=1S/C12H19NO/c1-5-10-6-7-13-11(8-10)14-9-12(2,3)4/h6-8H,5,9H2,1-4H3. The van der Waals surface area contributed by atoms with Gasteiger partial charge in [-0.2, -0.15) is 0 Å². The van der Waals surface area contributed by atoms with Gasteiger partial charge >= 0.3 is 0 Å². The van der Waals surface area contributed by atoms with E-state index in [1.165, 1.54) is 5.56 Å². The molecule has 0 bridgehead atoms. The van der Waals surface area contributed by atoms with Gasteiger partial charge in [-0.1, -0.05) is 27.7 Å². The Morgan fingerprint density at radius 3 is 2.64 bits per heavy atom. The van der Waals surface area contributed by atoms with Crippen LogP contribution in [0.4, 0.5) is 0 Å². The summed E-state index contributed by atoms with van der Waals surface area (Å²) in [5.74, 6) is 0.735. The van der Waals surface area contributed by atoms with Gasteiger partial charge < -0.3 is 4.74 Å². The smallest absolute Gasteiger partial charge is 0.213 e. The van der Waals surface area contributed by atoms with Crippen LogP contribution in [0.5, 0.6) is 5.88 Å². The molecule has 0 unspecified atom stereocenters. The maximum Gasteiger partial charge on any atom is 0.213 e. The van der Waals surface area contributed by atoms with E-state index in [-0.39, 0.29) is 5.41 Å². The zero-order chi connectivity index (χ0) is 10.6. The number of pyridine rings is 1. The molecular weight excluding hydrogens is 174 g/mol. The molecule has 0 radical (unpaired) electrons. The molecule has 0 saturated heterocycles. The van der Waals surface area contributed by atoms with E-state index >= 15 is 0 Å². The normalized spacial score (nSPS) is 11.4. The fourth-order valence-electron chi connectivity index (χ4n) is 1.04. The Morgan fingerprint density at radius 1 is 1.36 bits per heavy atom. The lowest BCUT2D eigenvalue weighted by Crippen LogP contribution is -2.17. The fourth-order valence-corrected chi connectivity index (χ4v) is 1.04. The summed E-state index contributed by atoms with van der Waals surface area (Å²) in [6.45, 7) is 9.28. The highest BCUT2D eigenvalue weighted by atomic mass is 16.5. The first kappa shape index (κ1) is 11.0. The Bertz CT molecular complexity index is 289. The summed E-state index contributed by atoms with van der Waals surface area (Å²) < 4.78 is 5.60. The van der Waals surface area contributed by atoms with Gasteiger partial charge in [0.1, 0.15) is 0 Å². The first-order valence-electron chi connectivity index (χ1n) is 5.09. The molecule has 1 heterocycles. The Labute approximate surface area is 86.3 Å². The van der Waals surface area contributed by atoms with Gasteiger partial charge in [0.2, 0.25) is 5.88 Å². The van der Waals surface area contributed by atoms with E-state index in [1.54, 1.807) is 6.20 Å². The van der Waals surface area contributed by atoms with Crippen LogP contribution in [0.2, 0.25) is 0 Å². The van der Waals surface area contributed by atoms with E-state index in [2.05, 4.69) is 32.7 Å². The molecule has 0 aromatic carbocycles. The molecule has 14 heavy (non-hydrogen) atoms. The first-order chi connectivity index (χ1) is 6.51. The highest BCUT2D eigenvalue weighted by molar-refractivity contribution is 5.20. The lowest BCUT2D eigenvalue weighted by molar-refractivity contribution is 0.191. The number of ether oxygens (including phenoxy) is 1. The van der Waals surface area contributed by atoms with Crippen LogP contribution < -0.4 is 4.74 Å². The van der Waals surface area contributed by atoms with Crippen LogP contribution in [0.25, 0.3) is 0 Å². The summed E-state index contributed by atoms with van der Waals surface area (Å²) in [6, 6.07) is 4.02. The molecule has 1 aromatic rings. The van der Waals surface area contributed by atoms with Crippen LogP contribution >= 0.6 is 0 Å². The molecule has 0 aliphatic rings. The van der Waals surface area contributed by atoms with Crippen molar-refractivity contribution in [3.63, 3.8) is 0 Å². The zero-order valence-electron chi connectivity index (χ0n) is 9.50. The van der Waals surface area contributed by atoms with E-state index < -0.39 is 0 Å². The average Bonchev–Trinajstić information content (AvgIpc) is 2.14. The van der Waals surface area contributed by atoms with Gasteiger partial charge in [-0.15, -0.1) is 0 Å². The number of aromatic nitrogens is 1. The van der Waals surface area contributed by atoms with Gasteiger partial charge in [-0.05, 0) is 23.5 Å². The summed E-state index contributed by atoms with van der Waals surface area (Å²) >= 11 is 0. The number of aryl methyl sites for hydroxylation is 1. The van der Waals surface area contributed by atoms with Crippen molar-refractivity contribution in [3.8, 4) is 5.88 Å². The molecule has 0 spiro atoms. The van der Waals surface area contributed by atoms with Crippen LogP contribution in [0, 0.1) is 5.41 Å². The van der Waals surface area contributed by atoms with E-state index in [9.17, 15) is 0 Å². The second kappa shape index (κ2) is 4.45. The second-order valence-electron chi connectivity index (χ2n) is 4.71.